The zero-order valence-corrected chi connectivity index (χ0v) is 11.9. The molecule has 1 aromatic rings. The first-order valence-electron chi connectivity index (χ1n) is 6.84. The third-order valence-electron chi connectivity index (χ3n) is 3.47. The Hall–Kier alpha value is -2.04. The number of hydrogen-bond acceptors (Lipinski definition) is 3. The summed E-state index contributed by atoms with van der Waals surface area (Å²) in [5.74, 6) is 0.0471. The fraction of sp³-hybridized carbons (Fsp3) is 0.467. The number of rotatable bonds is 2. The molecule has 0 aliphatic carbocycles. The molecule has 1 aliphatic rings. The molecule has 0 spiro atoms. The molecule has 0 saturated carbocycles. The molecule has 5 heteroatoms. The van der Waals surface area contributed by atoms with Crippen LogP contribution in [0.5, 0.6) is 5.75 Å². The van der Waals surface area contributed by atoms with E-state index >= 15 is 0 Å². The number of anilines is 1. The van der Waals surface area contributed by atoms with Crippen LogP contribution in [0.1, 0.15) is 19.8 Å². The minimum Gasteiger partial charge on any atom is -0.497 e. The van der Waals surface area contributed by atoms with Crippen LogP contribution in [0, 0.1) is 5.92 Å². The van der Waals surface area contributed by atoms with E-state index < -0.39 is 11.8 Å². The minimum absolute atomic E-state index is 0.456. The van der Waals surface area contributed by atoms with Gasteiger partial charge in [0.15, 0.2) is 0 Å². The highest BCUT2D eigenvalue weighted by atomic mass is 16.5. The Kier molecular flexibility index (Phi) is 4.61. The van der Waals surface area contributed by atoms with Gasteiger partial charge in [0, 0.05) is 24.8 Å². The van der Waals surface area contributed by atoms with Crippen molar-refractivity contribution in [2.75, 3.05) is 25.5 Å². The van der Waals surface area contributed by atoms with Crippen LogP contribution in [0.15, 0.2) is 24.3 Å². The van der Waals surface area contributed by atoms with Gasteiger partial charge in [-0.3, -0.25) is 9.59 Å². The van der Waals surface area contributed by atoms with E-state index in [0.717, 1.165) is 12.8 Å². The lowest BCUT2D eigenvalue weighted by Crippen LogP contribution is -2.44. The summed E-state index contributed by atoms with van der Waals surface area (Å²) in [6, 6.07) is 6.96. The summed E-state index contributed by atoms with van der Waals surface area (Å²) in [4.78, 5) is 25.7. The average molecular weight is 276 g/mol. The standard InChI is InChI=1S/C15H20N2O3/c1-11-5-4-8-17(10-11)15(19)14(18)16-12-6-3-7-13(9-12)20-2/h3,6-7,9,11H,4-5,8,10H2,1-2H3,(H,16,18). The summed E-state index contributed by atoms with van der Waals surface area (Å²) in [5.41, 5.74) is 0.563. The van der Waals surface area contributed by atoms with Crippen LogP contribution >= 0.6 is 0 Å². The molecule has 1 fully saturated rings. The Balaban J connectivity index is 1.98. The SMILES string of the molecule is COc1cccc(NC(=O)C(=O)N2CCCC(C)C2)c1. The number of nitrogens with zero attached hydrogens (tertiary/aromatic N) is 1. The van der Waals surface area contributed by atoms with Gasteiger partial charge in [-0.05, 0) is 30.9 Å². The van der Waals surface area contributed by atoms with Gasteiger partial charge >= 0.3 is 11.8 Å². The number of likely N-dealkylation sites (tertiary alicyclic amines) is 1. The van der Waals surface area contributed by atoms with Crippen LogP contribution < -0.4 is 10.1 Å². The molecule has 0 radical (unpaired) electrons. The van der Waals surface area contributed by atoms with Crippen molar-refractivity contribution < 1.29 is 14.3 Å². The zero-order chi connectivity index (χ0) is 14.5. The zero-order valence-electron chi connectivity index (χ0n) is 11.9. The number of ether oxygens (including phenoxy) is 1. The monoisotopic (exact) mass is 276 g/mol. The molecule has 1 saturated heterocycles. The van der Waals surface area contributed by atoms with E-state index in [1.54, 1.807) is 36.3 Å². The van der Waals surface area contributed by atoms with Crippen molar-refractivity contribution in [2.45, 2.75) is 19.8 Å². The fourth-order valence-electron chi connectivity index (χ4n) is 2.40. The van der Waals surface area contributed by atoms with Gasteiger partial charge in [0.25, 0.3) is 0 Å². The highest BCUT2D eigenvalue weighted by molar-refractivity contribution is 6.39. The van der Waals surface area contributed by atoms with E-state index in [0.29, 0.717) is 30.4 Å². The van der Waals surface area contributed by atoms with Crippen molar-refractivity contribution >= 4 is 17.5 Å². The van der Waals surface area contributed by atoms with Crippen LogP contribution in [-0.4, -0.2) is 36.9 Å². The van der Waals surface area contributed by atoms with E-state index in [4.69, 9.17) is 4.74 Å². The molecule has 0 aromatic heterocycles. The van der Waals surface area contributed by atoms with Gasteiger partial charge in [0.2, 0.25) is 0 Å². The second-order valence-corrected chi connectivity index (χ2v) is 5.18. The summed E-state index contributed by atoms with van der Waals surface area (Å²) < 4.78 is 5.08. The van der Waals surface area contributed by atoms with E-state index in [1.807, 2.05) is 0 Å². The molecule has 20 heavy (non-hydrogen) atoms. The Morgan fingerprint density at radius 1 is 1.40 bits per heavy atom. The molecule has 2 amide bonds. The van der Waals surface area contributed by atoms with E-state index in [9.17, 15) is 9.59 Å². The van der Waals surface area contributed by atoms with Gasteiger partial charge in [-0.25, -0.2) is 0 Å². The fourth-order valence-corrected chi connectivity index (χ4v) is 2.40. The minimum atomic E-state index is -0.590. The van der Waals surface area contributed by atoms with Crippen molar-refractivity contribution in [3.05, 3.63) is 24.3 Å². The van der Waals surface area contributed by atoms with Gasteiger partial charge in [-0.15, -0.1) is 0 Å². The number of hydrogen-bond donors (Lipinski definition) is 1. The maximum Gasteiger partial charge on any atom is 0.313 e. The highest BCUT2D eigenvalue weighted by Gasteiger charge is 2.26. The van der Waals surface area contributed by atoms with Crippen molar-refractivity contribution in [3.63, 3.8) is 0 Å². The molecular weight excluding hydrogens is 256 g/mol. The molecule has 1 atom stereocenters. The maximum absolute atomic E-state index is 12.1. The summed E-state index contributed by atoms with van der Waals surface area (Å²) >= 11 is 0. The van der Waals surface area contributed by atoms with Gasteiger partial charge in [-0.2, -0.15) is 0 Å². The molecule has 1 N–H and O–H groups in total. The maximum atomic E-state index is 12.1. The summed E-state index contributed by atoms with van der Waals surface area (Å²) in [5, 5.41) is 2.62. The summed E-state index contributed by atoms with van der Waals surface area (Å²) in [7, 11) is 1.56. The average Bonchev–Trinajstić information content (AvgIpc) is 2.46. The lowest BCUT2D eigenvalue weighted by Gasteiger charge is -2.30. The predicted octanol–water partition coefficient (Wildman–Crippen LogP) is 1.89. The Morgan fingerprint density at radius 3 is 2.90 bits per heavy atom. The molecule has 1 heterocycles. The molecule has 108 valence electrons. The second-order valence-electron chi connectivity index (χ2n) is 5.18. The van der Waals surface area contributed by atoms with Crippen LogP contribution in [0.4, 0.5) is 5.69 Å². The topological polar surface area (TPSA) is 58.6 Å². The lowest BCUT2D eigenvalue weighted by atomic mass is 10.0. The van der Waals surface area contributed by atoms with Gasteiger partial charge in [-0.1, -0.05) is 13.0 Å². The number of methoxy groups -OCH3 is 1. The lowest BCUT2D eigenvalue weighted by molar-refractivity contribution is -0.144. The van der Waals surface area contributed by atoms with Crippen LogP contribution in [0.25, 0.3) is 0 Å². The number of carbonyl (C=O) groups is 2. The van der Waals surface area contributed by atoms with Crippen molar-refractivity contribution in [1.82, 2.24) is 4.90 Å². The summed E-state index contributed by atoms with van der Waals surface area (Å²) in [6.45, 7) is 3.42. The molecular formula is C15H20N2O3. The molecule has 1 aliphatic heterocycles. The van der Waals surface area contributed by atoms with Gasteiger partial charge < -0.3 is 15.0 Å². The first-order chi connectivity index (χ1) is 9.60. The number of nitrogens with one attached hydrogen (secondary N) is 1. The van der Waals surface area contributed by atoms with E-state index in [-0.39, 0.29) is 0 Å². The van der Waals surface area contributed by atoms with E-state index in [1.165, 1.54) is 0 Å². The van der Waals surface area contributed by atoms with Crippen molar-refractivity contribution in [3.8, 4) is 5.75 Å². The van der Waals surface area contributed by atoms with Crippen molar-refractivity contribution in [2.24, 2.45) is 5.92 Å². The largest absolute Gasteiger partial charge is 0.497 e. The molecule has 1 aromatic carbocycles. The third-order valence-corrected chi connectivity index (χ3v) is 3.47. The molecule has 5 nitrogen and oxygen atoms in total. The molecule has 0 bridgehead atoms. The number of amides is 2. The third kappa shape index (κ3) is 3.50. The highest BCUT2D eigenvalue weighted by Crippen LogP contribution is 2.18. The van der Waals surface area contributed by atoms with Crippen LogP contribution in [-0.2, 0) is 9.59 Å². The summed E-state index contributed by atoms with van der Waals surface area (Å²) in [6.07, 6.45) is 2.07. The number of benzene rings is 1. The number of piperidine rings is 1. The van der Waals surface area contributed by atoms with Crippen LogP contribution in [0.2, 0.25) is 0 Å². The Labute approximate surface area is 118 Å². The first-order valence-corrected chi connectivity index (χ1v) is 6.84. The molecule has 1 unspecified atom stereocenters. The van der Waals surface area contributed by atoms with Gasteiger partial charge in [0.1, 0.15) is 5.75 Å². The second kappa shape index (κ2) is 6.41. The smallest absolute Gasteiger partial charge is 0.313 e. The normalized spacial score (nSPS) is 18.5. The van der Waals surface area contributed by atoms with Crippen LogP contribution in [0.3, 0.4) is 0 Å². The first kappa shape index (κ1) is 14.4. The van der Waals surface area contributed by atoms with Crippen molar-refractivity contribution in [1.29, 1.82) is 0 Å². The number of carbonyl (C=O) groups excluding carboxylic acids is 2. The quantitative estimate of drug-likeness (QED) is 0.839. The predicted molar refractivity (Wildman–Crippen MR) is 76.6 cm³/mol. The molecule has 2 rings (SSSR count). The van der Waals surface area contributed by atoms with E-state index in [2.05, 4.69) is 12.2 Å². The Morgan fingerprint density at radius 2 is 2.20 bits per heavy atom. The Bertz CT molecular complexity index is 502. The van der Waals surface area contributed by atoms with Gasteiger partial charge in [0.05, 0.1) is 7.11 Å².